The van der Waals surface area contributed by atoms with E-state index in [0.29, 0.717) is 17.3 Å². The van der Waals surface area contributed by atoms with E-state index in [1.807, 2.05) is 12.1 Å². The van der Waals surface area contributed by atoms with Crippen molar-refractivity contribution in [3.63, 3.8) is 0 Å². The summed E-state index contributed by atoms with van der Waals surface area (Å²) >= 11 is 0. The summed E-state index contributed by atoms with van der Waals surface area (Å²) in [7, 11) is 1.80. The van der Waals surface area contributed by atoms with Crippen LogP contribution in [0.15, 0.2) is 12.1 Å². The number of pyridine rings is 1. The molecule has 3 rings (SSSR count). The Hall–Kier alpha value is -2.64. The van der Waals surface area contributed by atoms with Crippen LogP contribution >= 0.6 is 0 Å². The van der Waals surface area contributed by atoms with E-state index in [4.69, 9.17) is 5.73 Å². The summed E-state index contributed by atoms with van der Waals surface area (Å²) in [4.78, 5) is 15.7. The number of aromatic nitrogens is 6. The number of hydrogen-bond donors (Lipinski definition) is 4. The van der Waals surface area contributed by atoms with Crippen LogP contribution in [0.4, 0.5) is 11.8 Å². The molecule has 0 aromatic carbocycles. The normalized spacial score (nSPS) is 10.9. The molecule has 0 radical (unpaired) electrons. The summed E-state index contributed by atoms with van der Waals surface area (Å²) in [5.74, 6) is 1.99. The van der Waals surface area contributed by atoms with Gasteiger partial charge in [-0.25, -0.2) is 9.97 Å². The molecule has 0 aliphatic rings. The molecule has 3 aromatic rings. The van der Waals surface area contributed by atoms with Gasteiger partial charge in [0.1, 0.15) is 5.82 Å². The van der Waals surface area contributed by atoms with Crippen molar-refractivity contribution in [3.05, 3.63) is 12.1 Å². The molecule has 17 heavy (non-hydrogen) atoms. The maximum atomic E-state index is 5.44. The van der Waals surface area contributed by atoms with Crippen LogP contribution in [0.1, 0.15) is 0 Å². The third-order valence-electron chi connectivity index (χ3n) is 2.33. The Morgan fingerprint density at radius 3 is 2.76 bits per heavy atom. The number of nitrogen functional groups attached to an aromatic ring is 1. The van der Waals surface area contributed by atoms with E-state index in [9.17, 15) is 0 Å². The van der Waals surface area contributed by atoms with Crippen molar-refractivity contribution in [1.82, 2.24) is 30.1 Å². The monoisotopic (exact) mass is 230 g/mol. The van der Waals surface area contributed by atoms with Crippen LogP contribution in [0.2, 0.25) is 0 Å². The summed E-state index contributed by atoms with van der Waals surface area (Å²) in [5.41, 5.74) is 6.88. The number of hydrogen-bond acceptors (Lipinski definition) is 6. The summed E-state index contributed by atoms with van der Waals surface area (Å²) < 4.78 is 0. The fraction of sp³-hybridized carbons (Fsp3) is 0.111. The lowest BCUT2D eigenvalue weighted by Gasteiger charge is -1.95. The molecule has 8 nitrogen and oxygen atoms in total. The highest BCUT2D eigenvalue weighted by atomic mass is 15.3. The van der Waals surface area contributed by atoms with E-state index in [2.05, 4.69) is 35.5 Å². The molecule has 3 heterocycles. The second kappa shape index (κ2) is 3.44. The van der Waals surface area contributed by atoms with Crippen molar-refractivity contribution in [2.75, 3.05) is 18.1 Å². The van der Waals surface area contributed by atoms with E-state index in [1.54, 1.807) is 7.05 Å². The van der Waals surface area contributed by atoms with Gasteiger partial charge in [0.15, 0.2) is 17.3 Å². The first-order valence-corrected chi connectivity index (χ1v) is 4.99. The van der Waals surface area contributed by atoms with Gasteiger partial charge in [-0.05, 0) is 12.1 Å². The van der Waals surface area contributed by atoms with Gasteiger partial charge in [0.05, 0.1) is 5.52 Å². The molecule has 3 aromatic heterocycles. The van der Waals surface area contributed by atoms with Crippen LogP contribution in [0.3, 0.4) is 0 Å². The molecule has 0 amide bonds. The molecule has 0 atom stereocenters. The molecule has 5 N–H and O–H groups in total. The number of aromatic amines is 2. The first kappa shape index (κ1) is 9.58. The summed E-state index contributed by atoms with van der Waals surface area (Å²) in [6.45, 7) is 0. The van der Waals surface area contributed by atoms with Crippen molar-refractivity contribution < 1.29 is 0 Å². The standard InChI is InChI=1S/C9H10N8/c1-11-5-3-2-4-6(13-5)14-7(12-4)8-15-9(10)17-16-8/h2-3H,1H3,(H3,10,15,16,17)(H2,11,12,13,14). The number of nitrogens with one attached hydrogen (secondary N) is 3. The largest absolute Gasteiger partial charge is 0.373 e. The van der Waals surface area contributed by atoms with Crippen molar-refractivity contribution in [2.45, 2.75) is 0 Å². The van der Waals surface area contributed by atoms with Crippen molar-refractivity contribution in [2.24, 2.45) is 0 Å². The SMILES string of the molecule is CNc1ccc2[nH]c(-c3nc(N)n[nH]3)nc2n1. The van der Waals surface area contributed by atoms with Gasteiger partial charge in [-0.1, -0.05) is 0 Å². The van der Waals surface area contributed by atoms with Gasteiger partial charge in [0.25, 0.3) is 0 Å². The molecular formula is C9H10N8. The average Bonchev–Trinajstić information content (AvgIpc) is 2.93. The first-order chi connectivity index (χ1) is 8.26. The lowest BCUT2D eigenvalue weighted by atomic mass is 10.4. The maximum Gasteiger partial charge on any atom is 0.239 e. The Labute approximate surface area is 95.7 Å². The van der Waals surface area contributed by atoms with Gasteiger partial charge >= 0.3 is 0 Å². The maximum absolute atomic E-state index is 5.44. The van der Waals surface area contributed by atoms with E-state index < -0.39 is 0 Å². The minimum Gasteiger partial charge on any atom is -0.373 e. The van der Waals surface area contributed by atoms with Gasteiger partial charge in [0, 0.05) is 7.05 Å². The van der Waals surface area contributed by atoms with Crippen molar-refractivity contribution in [3.8, 4) is 11.6 Å². The highest BCUT2D eigenvalue weighted by molar-refractivity contribution is 5.76. The number of fused-ring (bicyclic) bond motifs is 1. The number of nitrogens with two attached hydrogens (primary N) is 1. The predicted octanol–water partition coefficient (Wildman–Crippen LogP) is 0.367. The van der Waals surface area contributed by atoms with E-state index in [1.165, 1.54) is 0 Å². The molecule has 0 saturated carbocycles. The number of imidazole rings is 1. The first-order valence-electron chi connectivity index (χ1n) is 4.99. The molecule has 8 heteroatoms. The Bertz CT molecular complexity index is 666. The minimum atomic E-state index is 0.185. The Morgan fingerprint density at radius 1 is 1.18 bits per heavy atom. The van der Waals surface area contributed by atoms with Crippen LogP contribution in [0, 0.1) is 0 Å². The van der Waals surface area contributed by atoms with Crippen molar-refractivity contribution in [1.29, 1.82) is 0 Å². The van der Waals surface area contributed by atoms with Gasteiger partial charge in [0.2, 0.25) is 5.95 Å². The zero-order chi connectivity index (χ0) is 11.8. The second-order valence-electron chi connectivity index (χ2n) is 3.45. The van der Waals surface area contributed by atoms with Crippen molar-refractivity contribution >= 4 is 22.9 Å². The highest BCUT2D eigenvalue weighted by Crippen LogP contribution is 2.17. The molecule has 0 bridgehead atoms. The minimum absolute atomic E-state index is 0.185. The molecular weight excluding hydrogens is 220 g/mol. The van der Waals surface area contributed by atoms with Crippen LogP contribution in [-0.2, 0) is 0 Å². The Kier molecular flexibility index (Phi) is 1.94. The summed E-state index contributed by atoms with van der Waals surface area (Å²) in [5, 5.41) is 9.39. The number of rotatable bonds is 2. The lowest BCUT2D eigenvalue weighted by molar-refractivity contribution is 1.09. The van der Waals surface area contributed by atoms with E-state index in [-0.39, 0.29) is 5.95 Å². The van der Waals surface area contributed by atoms with Crippen LogP contribution in [0.25, 0.3) is 22.8 Å². The predicted molar refractivity (Wildman–Crippen MR) is 63.2 cm³/mol. The third kappa shape index (κ3) is 1.55. The Balaban J connectivity index is 2.13. The van der Waals surface area contributed by atoms with Crippen LogP contribution in [-0.4, -0.2) is 37.2 Å². The molecule has 0 saturated heterocycles. The van der Waals surface area contributed by atoms with Gasteiger partial charge in [-0.15, -0.1) is 5.10 Å². The van der Waals surface area contributed by atoms with Gasteiger partial charge in [-0.3, -0.25) is 5.10 Å². The number of anilines is 2. The molecule has 0 aliphatic heterocycles. The summed E-state index contributed by atoms with van der Waals surface area (Å²) in [6, 6.07) is 3.75. The second-order valence-corrected chi connectivity index (χ2v) is 3.45. The number of H-pyrrole nitrogens is 2. The zero-order valence-electron chi connectivity index (χ0n) is 9.02. The molecule has 0 unspecified atom stereocenters. The van der Waals surface area contributed by atoms with E-state index >= 15 is 0 Å². The van der Waals surface area contributed by atoms with Gasteiger partial charge in [-0.2, -0.15) is 4.98 Å². The summed E-state index contributed by atoms with van der Waals surface area (Å²) in [6.07, 6.45) is 0. The quantitative estimate of drug-likeness (QED) is 0.504. The Morgan fingerprint density at radius 2 is 2.06 bits per heavy atom. The third-order valence-corrected chi connectivity index (χ3v) is 2.33. The highest BCUT2D eigenvalue weighted by Gasteiger charge is 2.10. The molecule has 0 spiro atoms. The molecule has 0 aliphatic carbocycles. The number of nitrogens with zero attached hydrogens (tertiary/aromatic N) is 4. The average molecular weight is 230 g/mol. The zero-order valence-corrected chi connectivity index (χ0v) is 9.02. The molecule has 0 fully saturated rings. The van der Waals surface area contributed by atoms with Crippen LogP contribution in [0.5, 0.6) is 0 Å². The smallest absolute Gasteiger partial charge is 0.239 e. The van der Waals surface area contributed by atoms with E-state index in [0.717, 1.165) is 11.3 Å². The van der Waals surface area contributed by atoms with Gasteiger partial charge < -0.3 is 16.0 Å². The fourth-order valence-corrected chi connectivity index (χ4v) is 1.52. The topological polar surface area (TPSA) is 121 Å². The van der Waals surface area contributed by atoms with Crippen LogP contribution < -0.4 is 11.1 Å². The molecule has 86 valence electrons. The fourth-order valence-electron chi connectivity index (χ4n) is 1.52. The lowest BCUT2D eigenvalue weighted by Crippen LogP contribution is -1.91.